The van der Waals surface area contributed by atoms with E-state index in [0.29, 0.717) is 38.8 Å². The van der Waals surface area contributed by atoms with Gasteiger partial charge in [-0.2, -0.15) is 0 Å². The molecule has 4 aromatic carbocycles. The number of aldehydes is 1. The summed E-state index contributed by atoms with van der Waals surface area (Å²) in [6.45, 7) is 30.2. The second-order valence-electron chi connectivity index (χ2n) is 30.1. The third kappa shape index (κ3) is 35.3. The van der Waals surface area contributed by atoms with E-state index in [9.17, 15) is 19.2 Å². The summed E-state index contributed by atoms with van der Waals surface area (Å²) in [6, 6.07) is 40.4. The molecule has 2 aliphatic carbocycles. The molecule has 594 valence electrons. The Hall–Kier alpha value is -4.46. The number of carbonyl (C=O) groups excluding carboxylic acids is 4. The first kappa shape index (κ1) is 92.4. The van der Waals surface area contributed by atoms with Crippen molar-refractivity contribution in [3.63, 3.8) is 0 Å². The van der Waals surface area contributed by atoms with Crippen molar-refractivity contribution >= 4 is 120 Å². The first-order chi connectivity index (χ1) is 51.2. The highest BCUT2D eigenvalue weighted by Gasteiger charge is 2.29. The van der Waals surface area contributed by atoms with Gasteiger partial charge < -0.3 is 29.5 Å². The molecule has 2 aromatic heterocycles. The zero-order valence-corrected chi connectivity index (χ0v) is 72.2. The number of amides is 2. The third-order valence-electron chi connectivity index (χ3n) is 20.6. The van der Waals surface area contributed by atoms with E-state index in [1.807, 2.05) is 49.9 Å². The Bertz CT molecular complexity index is 3410. The van der Waals surface area contributed by atoms with Crippen molar-refractivity contribution in [2.24, 2.45) is 17.8 Å². The molecular formula is C84H118Br3Cl4N11O6. The lowest BCUT2D eigenvalue weighted by atomic mass is 9.89. The molecule has 7 aliphatic rings. The third-order valence-corrected chi connectivity index (χ3v) is 22.6. The Kier molecular flexibility index (Phi) is 43.3. The maximum atomic E-state index is 12.6. The fourth-order valence-electron chi connectivity index (χ4n) is 14.2. The van der Waals surface area contributed by atoms with Gasteiger partial charge in [-0.15, -0.1) is 24.8 Å². The van der Waals surface area contributed by atoms with Gasteiger partial charge in [-0.3, -0.25) is 34.0 Å². The number of piperazine rings is 3. The van der Waals surface area contributed by atoms with Crippen molar-refractivity contribution in [2.75, 3.05) is 132 Å². The minimum absolute atomic E-state index is 0. The standard InChI is InChI=1S/C28H37ClN4O3.C18H27BrN2.C12H16BrN.C11H15BrN2.C8H9ClN2O2.C7H12O.2ClH/c1-28(2,3)36-27(35)33-12-10-22(11-13-33)20-32-16-14-31(15-17-32)19-21-4-6-23(7-5-21)26(34)24-8-9-25(29)30-18-24;19-18-8-6-17(7-9-18)15-21-12-10-20(11-13-21)14-16-4-2-1-3-5-16;13-12-6-4-11(5-7-12)10-14-8-2-1-3-9-14;12-11-3-1-10(2-4-11)9-14-7-5-13-6-8-14;1-11(13-2)8(12)6-3-4-7(9)10-5-6;8-6-7-4-2-1-3-5-7;;/h4-9,18,22H,10-17,19-20H2,1-3H3;6-9,16H,1-5,10-15H2;4-7H,1-3,8-10H2;1-4,13H,5-9H2;3-5H,1-2H3;6-7H,1-5H2;2*1H. The zero-order valence-electron chi connectivity index (χ0n) is 64.3. The quantitative estimate of drug-likeness (QED) is 0.0399. The number of carbonyl (C=O) groups is 4. The van der Waals surface area contributed by atoms with Crippen molar-refractivity contribution in [2.45, 2.75) is 149 Å². The Balaban J connectivity index is 0.000000217. The average molecular weight is 1760 g/mol. The maximum Gasteiger partial charge on any atom is 0.410 e. The highest BCUT2D eigenvalue weighted by molar-refractivity contribution is 9.11. The van der Waals surface area contributed by atoms with Crippen molar-refractivity contribution in [1.29, 1.82) is 0 Å². The molecule has 2 amide bonds. The van der Waals surface area contributed by atoms with E-state index in [0.717, 1.165) is 146 Å². The SMILES string of the molecule is Brc1ccc(CN2CCCCC2)cc1.Brc1ccc(CN2CCN(CC3CCCCC3)CC2)cc1.Brc1ccc(CN2CCNCC2)cc1.CC(C)(C)OC(=O)N1CCC(CN2CCN(Cc3ccc(C(=O)c4ccc(Cl)nc4)cc3)CC2)CC1.CON(C)C(=O)c1ccc(Cl)nc1.Cl.Cl.O=CC1CCCCC1. The van der Waals surface area contributed by atoms with Crippen LogP contribution in [0.15, 0.2) is 147 Å². The van der Waals surface area contributed by atoms with Crippen LogP contribution in [0.3, 0.4) is 0 Å². The zero-order chi connectivity index (χ0) is 75.5. The van der Waals surface area contributed by atoms with E-state index in [-0.39, 0.29) is 42.6 Å². The lowest BCUT2D eigenvalue weighted by molar-refractivity contribution is -0.111. The van der Waals surface area contributed by atoms with Gasteiger partial charge in [-0.05, 0) is 180 Å². The molecular weight excluding hydrogens is 1640 g/mol. The van der Waals surface area contributed by atoms with Crippen LogP contribution in [0.5, 0.6) is 0 Å². The summed E-state index contributed by atoms with van der Waals surface area (Å²) >= 11 is 21.8. The van der Waals surface area contributed by atoms with Gasteiger partial charge in [0.15, 0.2) is 5.78 Å². The first-order valence-electron chi connectivity index (χ1n) is 38.6. The van der Waals surface area contributed by atoms with Gasteiger partial charge in [0.2, 0.25) is 0 Å². The Morgan fingerprint density at radius 1 is 0.472 bits per heavy atom. The molecule has 24 heteroatoms. The second kappa shape index (κ2) is 50.6. The van der Waals surface area contributed by atoms with Gasteiger partial charge in [0, 0.05) is 181 Å². The summed E-state index contributed by atoms with van der Waals surface area (Å²) in [5, 5.41) is 5.21. The molecule has 1 N–H and O–H groups in total. The molecule has 7 heterocycles. The summed E-state index contributed by atoms with van der Waals surface area (Å²) in [5.74, 6) is 1.72. The van der Waals surface area contributed by atoms with Crippen LogP contribution in [0.4, 0.5) is 4.79 Å². The van der Waals surface area contributed by atoms with Crippen LogP contribution in [-0.4, -0.2) is 211 Å². The minimum Gasteiger partial charge on any atom is -0.444 e. The highest BCUT2D eigenvalue weighted by atomic mass is 79.9. The number of aromatic nitrogens is 2. The highest BCUT2D eigenvalue weighted by Crippen LogP contribution is 2.27. The molecule has 13 rings (SSSR count). The molecule has 6 aromatic rings. The molecule has 0 atom stereocenters. The van der Waals surface area contributed by atoms with Crippen LogP contribution in [0, 0.1) is 17.8 Å². The number of benzene rings is 4. The summed E-state index contributed by atoms with van der Waals surface area (Å²) in [6.07, 6.45) is 23.6. The van der Waals surface area contributed by atoms with Crippen LogP contribution in [0.1, 0.15) is 166 Å². The number of rotatable bonds is 17. The number of ether oxygens (including phenoxy) is 1. The Morgan fingerprint density at radius 3 is 1.22 bits per heavy atom. The molecule has 5 saturated heterocycles. The molecule has 0 bridgehead atoms. The lowest BCUT2D eigenvalue weighted by Gasteiger charge is -2.39. The molecule has 2 saturated carbocycles. The fourth-order valence-corrected chi connectivity index (χ4v) is 15.3. The number of piperidine rings is 2. The number of pyridine rings is 2. The Morgan fingerprint density at radius 2 is 0.833 bits per heavy atom. The van der Waals surface area contributed by atoms with Crippen LogP contribution in [0.2, 0.25) is 10.3 Å². The number of hydrogen-bond acceptors (Lipinski definition) is 15. The van der Waals surface area contributed by atoms with Crippen molar-refractivity contribution < 1.29 is 28.8 Å². The van der Waals surface area contributed by atoms with Crippen LogP contribution >= 0.6 is 95.8 Å². The van der Waals surface area contributed by atoms with Gasteiger partial charge in [-0.25, -0.2) is 19.8 Å². The number of hydroxylamine groups is 2. The van der Waals surface area contributed by atoms with Crippen LogP contribution < -0.4 is 5.32 Å². The molecule has 17 nitrogen and oxygen atoms in total. The molecule has 108 heavy (non-hydrogen) atoms. The predicted octanol–water partition coefficient (Wildman–Crippen LogP) is 18.1. The van der Waals surface area contributed by atoms with Gasteiger partial charge in [0.05, 0.1) is 12.7 Å². The fraction of sp³-hybridized carbons (Fsp3) is 0.548. The topological polar surface area (TPSA) is 150 Å². The number of hydrogen-bond donors (Lipinski definition) is 1. The number of ketones is 1. The normalized spacial score (nSPS) is 18.1. The Labute approximate surface area is 692 Å². The number of halogens is 7. The maximum absolute atomic E-state index is 12.6. The number of nitrogens with zero attached hydrogens (tertiary/aromatic N) is 10. The summed E-state index contributed by atoms with van der Waals surface area (Å²) < 4.78 is 9.00. The van der Waals surface area contributed by atoms with Crippen LogP contribution in [-0.2, 0) is 40.5 Å². The minimum atomic E-state index is -0.442. The van der Waals surface area contributed by atoms with Crippen molar-refractivity contribution in [3.05, 3.63) is 196 Å². The smallest absolute Gasteiger partial charge is 0.410 e. The van der Waals surface area contributed by atoms with Gasteiger partial charge >= 0.3 is 6.09 Å². The first-order valence-corrected chi connectivity index (χ1v) is 41.8. The van der Waals surface area contributed by atoms with E-state index in [1.165, 1.54) is 174 Å². The summed E-state index contributed by atoms with van der Waals surface area (Å²) in [4.78, 5) is 76.2. The van der Waals surface area contributed by atoms with E-state index in [2.05, 4.69) is 165 Å². The average Bonchev–Trinajstić information content (AvgIpc) is 0.849. The van der Waals surface area contributed by atoms with Gasteiger partial charge in [-0.1, -0.05) is 177 Å². The summed E-state index contributed by atoms with van der Waals surface area (Å²) in [5.41, 5.74) is 6.66. The van der Waals surface area contributed by atoms with Crippen molar-refractivity contribution in [3.8, 4) is 0 Å². The van der Waals surface area contributed by atoms with E-state index < -0.39 is 5.60 Å². The van der Waals surface area contributed by atoms with E-state index in [4.69, 9.17) is 32.8 Å². The molecule has 7 fully saturated rings. The molecule has 0 spiro atoms. The monoisotopic (exact) mass is 1750 g/mol. The predicted molar refractivity (Wildman–Crippen MR) is 455 cm³/mol. The van der Waals surface area contributed by atoms with E-state index in [1.54, 1.807) is 24.3 Å². The van der Waals surface area contributed by atoms with Gasteiger partial charge in [0.1, 0.15) is 22.2 Å². The van der Waals surface area contributed by atoms with Gasteiger partial charge in [0.25, 0.3) is 5.91 Å². The number of nitrogens with one attached hydrogen (secondary N) is 1. The molecule has 5 aliphatic heterocycles. The largest absolute Gasteiger partial charge is 0.444 e. The second-order valence-corrected chi connectivity index (χ2v) is 33.6. The van der Waals surface area contributed by atoms with E-state index >= 15 is 0 Å². The molecule has 0 radical (unpaired) electrons. The number of likely N-dealkylation sites (tertiary alicyclic amines) is 2. The molecule has 0 unspecified atom stereocenters. The van der Waals surface area contributed by atoms with Crippen LogP contribution in [0.25, 0.3) is 0 Å². The van der Waals surface area contributed by atoms with Crippen molar-refractivity contribution in [1.82, 2.24) is 54.6 Å². The summed E-state index contributed by atoms with van der Waals surface area (Å²) in [7, 11) is 2.94. The lowest BCUT2D eigenvalue weighted by Crippen LogP contribution is -2.49.